The van der Waals surface area contributed by atoms with Crippen LogP contribution in [0.3, 0.4) is 0 Å². The summed E-state index contributed by atoms with van der Waals surface area (Å²) in [6.07, 6.45) is 3.49. The molecule has 0 saturated carbocycles. The topological polar surface area (TPSA) is 91.1 Å². The van der Waals surface area contributed by atoms with E-state index in [1.165, 1.54) is 9.13 Å². The molecule has 1 unspecified atom stereocenters. The lowest BCUT2D eigenvalue weighted by molar-refractivity contribution is -0.163. The molecular formula is C14H19BrN4O4. The lowest BCUT2D eigenvalue weighted by Crippen LogP contribution is -2.39. The minimum absolute atomic E-state index is 0.158. The van der Waals surface area contributed by atoms with Crippen LogP contribution in [-0.4, -0.2) is 38.6 Å². The minimum atomic E-state index is -0.379. The first-order valence-electron chi connectivity index (χ1n) is 7.66. The highest BCUT2D eigenvalue weighted by Gasteiger charge is 2.16. The standard InChI is InChI=1S/C14H19BrN4O4/c1-18-11-10(16-13(15)17-11)12(20)19(14(18)21)6-4-8-23-9-5-2-3-7-22-9/h9H,2-8H2,1H3,(H,16,17). The van der Waals surface area contributed by atoms with Crippen LogP contribution in [0.4, 0.5) is 0 Å². The molecule has 1 atom stereocenters. The van der Waals surface area contributed by atoms with Crippen molar-refractivity contribution in [2.75, 3.05) is 13.2 Å². The Kier molecular flexibility index (Phi) is 4.98. The predicted octanol–water partition coefficient (Wildman–Crippen LogP) is 1.12. The summed E-state index contributed by atoms with van der Waals surface area (Å²) in [5, 5.41) is 0. The minimum Gasteiger partial charge on any atom is -0.353 e. The van der Waals surface area contributed by atoms with Gasteiger partial charge in [0.15, 0.2) is 22.2 Å². The van der Waals surface area contributed by atoms with Crippen LogP contribution in [0.1, 0.15) is 25.7 Å². The van der Waals surface area contributed by atoms with Crippen LogP contribution in [-0.2, 0) is 23.1 Å². The van der Waals surface area contributed by atoms with Crippen LogP contribution in [0.5, 0.6) is 0 Å². The highest BCUT2D eigenvalue weighted by Crippen LogP contribution is 2.14. The van der Waals surface area contributed by atoms with E-state index < -0.39 is 0 Å². The van der Waals surface area contributed by atoms with Crippen molar-refractivity contribution in [1.82, 2.24) is 19.1 Å². The molecule has 0 bridgehead atoms. The fraction of sp³-hybridized carbons (Fsp3) is 0.643. The number of fused-ring (bicyclic) bond motifs is 1. The number of hydrogen-bond donors (Lipinski definition) is 1. The van der Waals surface area contributed by atoms with Crippen LogP contribution in [0, 0.1) is 0 Å². The van der Waals surface area contributed by atoms with Gasteiger partial charge in [0.25, 0.3) is 5.56 Å². The van der Waals surface area contributed by atoms with Gasteiger partial charge in [-0.05, 0) is 41.6 Å². The number of ether oxygens (including phenoxy) is 2. The highest BCUT2D eigenvalue weighted by molar-refractivity contribution is 9.10. The summed E-state index contributed by atoms with van der Waals surface area (Å²) < 4.78 is 14.1. The van der Waals surface area contributed by atoms with Crippen molar-refractivity contribution in [2.45, 2.75) is 38.5 Å². The zero-order valence-electron chi connectivity index (χ0n) is 12.9. The molecule has 3 rings (SSSR count). The molecule has 0 radical (unpaired) electrons. The zero-order chi connectivity index (χ0) is 16.4. The molecule has 1 fully saturated rings. The SMILES string of the molecule is Cn1c(=O)n(CCCOC2CCCCO2)c(=O)c2[nH]c(Br)nc21. The smallest absolute Gasteiger partial charge is 0.332 e. The number of aromatic nitrogens is 4. The number of rotatable bonds is 5. The van der Waals surface area contributed by atoms with Gasteiger partial charge in [0.2, 0.25) is 0 Å². The van der Waals surface area contributed by atoms with Crippen LogP contribution in [0.15, 0.2) is 14.3 Å². The largest absolute Gasteiger partial charge is 0.353 e. The van der Waals surface area contributed by atoms with E-state index in [2.05, 4.69) is 25.9 Å². The Morgan fingerprint density at radius 3 is 3.00 bits per heavy atom. The molecule has 3 heterocycles. The fourth-order valence-corrected chi connectivity index (χ4v) is 3.06. The van der Waals surface area contributed by atoms with E-state index in [4.69, 9.17) is 9.47 Å². The molecule has 23 heavy (non-hydrogen) atoms. The zero-order valence-corrected chi connectivity index (χ0v) is 14.5. The number of nitrogens with one attached hydrogen (secondary N) is 1. The van der Waals surface area contributed by atoms with Crippen molar-refractivity contribution in [3.63, 3.8) is 0 Å². The third-order valence-corrected chi connectivity index (χ3v) is 4.29. The normalized spacial score (nSPS) is 18.6. The van der Waals surface area contributed by atoms with Gasteiger partial charge < -0.3 is 14.5 Å². The average Bonchev–Trinajstić information content (AvgIpc) is 2.95. The van der Waals surface area contributed by atoms with Gasteiger partial charge >= 0.3 is 5.69 Å². The Hall–Kier alpha value is -1.45. The maximum Gasteiger partial charge on any atom is 0.332 e. The summed E-state index contributed by atoms with van der Waals surface area (Å²) in [6.45, 7) is 1.48. The van der Waals surface area contributed by atoms with Crippen molar-refractivity contribution in [3.8, 4) is 0 Å². The number of nitrogens with zero attached hydrogens (tertiary/aromatic N) is 3. The number of halogens is 1. The molecule has 0 aliphatic carbocycles. The lowest BCUT2D eigenvalue weighted by Gasteiger charge is -2.22. The van der Waals surface area contributed by atoms with Gasteiger partial charge in [0, 0.05) is 20.2 Å². The van der Waals surface area contributed by atoms with Gasteiger partial charge in [-0.1, -0.05) is 0 Å². The second-order valence-electron chi connectivity index (χ2n) is 5.55. The van der Waals surface area contributed by atoms with Crippen molar-refractivity contribution in [3.05, 3.63) is 25.6 Å². The first kappa shape index (κ1) is 16.4. The maximum absolute atomic E-state index is 12.4. The number of imidazole rings is 1. The van der Waals surface area contributed by atoms with Crippen LogP contribution in [0.25, 0.3) is 11.2 Å². The molecule has 0 amide bonds. The Morgan fingerprint density at radius 2 is 2.26 bits per heavy atom. The molecule has 1 N–H and O–H groups in total. The summed E-state index contributed by atoms with van der Waals surface area (Å²) in [4.78, 5) is 31.6. The summed E-state index contributed by atoms with van der Waals surface area (Å²) in [7, 11) is 1.60. The molecule has 9 heteroatoms. The van der Waals surface area contributed by atoms with E-state index in [9.17, 15) is 9.59 Å². The summed E-state index contributed by atoms with van der Waals surface area (Å²) in [5.74, 6) is 0. The van der Waals surface area contributed by atoms with Gasteiger partial charge in [-0.2, -0.15) is 0 Å². The Bertz CT molecular complexity index is 803. The molecule has 2 aromatic heterocycles. The van der Waals surface area contributed by atoms with E-state index in [0.717, 1.165) is 25.9 Å². The molecule has 1 aliphatic rings. The average molecular weight is 387 g/mol. The Labute approximate surface area is 140 Å². The molecule has 8 nitrogen and oxygen atoms in total. The maximum atomic E-state index is 12.4. The first-order valence-corrected chi connectivity index (χ1v) is 8.45. The van der Waals surface area contributed by atoms with Gasteiger partial charge in [0.05, 0.1) is 6.61 Å². The van der Waals surface area contributed by atoms with E-state index in [1.807, 2.05) is 0 Å². The lowest BCUT2D eigenvalue weighted by atomic mass is 10.2. The summed E-state index contributed by atoms with van der Waals surface area (Å²) in [5.41, 5.74) is -0.0869. The second-order valence-corrected chi connectivity index (χ2v) is 6.30. The van der Waals surface area contributed by atoms with E-state index in [-0.39, 0.29) is 17.5 Å². The van der Waals surface area contributed by atoms with Crippen molar-refractivity contribution >= 4 is 27.1 Å². The molecular weight excluding hydrogens is 368 g/mol. The van der Waals surface area contributed by atoms with Gasteiger partial charge in [-0.25, -0.2) is 9.78 Å². The number of aryl methyl sites for hydroxylation is 1. The first-order chi connectivity index (χ1) is 11.1. The third kappa shape index (κ3) is 3.41. The summed E-state index contributed by atoms with van der Waals surface area (Å²) >= 11 is 3.19. The number of aromatic amines is 1. The molecule has 0 aromatic carbocycles. The molecule has 1 saturated heterocycles. The van der Waals surface area contributed by atoms with Crippen molar-refractivity contribution in [2.24, 2.45) is 7.05 Å². The molecule has 1 aliphatic heterocycles. The quantitative estimate of drug-likeness (QED) is 0.613. The van der Waals surface area contributed by atoms with Crippen molar-refractivity contribution in [1.29, 1.82) is 0 Å². The van der Waals surface area contributed by atoms with E-state index in [0.29, 0.717) is 35.5 Å². The van der Waals surface area contributed by atoms with Crippen molar-refractivity contribution < 1.29 is 9.47 Å². The van der Waals surface area contributed by atoms with Crippen LogP contribution < -0.4 is 11.2 Å². The summed E-state index contributed by atoms with van der Waals surface area (Å²) in [6, 6.07) is 0. The van der Waals surface area contributed by atoms with Gasteiger partial charge in [0.1, 0.15) is 0 Å². The third-order valence-electron chi connectivity index (χ3n) is 3.92. The highest BCUT2D eigenvalue weighted by atomic mass is 79.9. The Morgan fingerprint density at radius 1 is 1.43 bits per heavy atom. The Balaban J connectivity index is 1.70. The van der Waals surface area contributed by atoms with Gasteiger partial charge in [-0.15, -0.1) is 0 Å². The van der Waals surface area contributed by atoms with E-state index >= 15 is 0 Å². The second kappa shape index (κ2) is 6.98. The molecule has 0 spiro atoms. The molecule has 126 valence electrons. The van der Waals surface area contributed by atoms with E-state index in [1.54, 1.807) is 7.05 Å². The monoisotopic (exact) mass is 386 g/mol. The number of hydrogen-bond acceptors (Lipinski definition) is 5. The molecule has 2 aromatic rings. The number of H-pyrrole nitrogens is 1. The van der Waals surface area contributed by atoms with Gasteiger partial charge in [-0.3, -0.25) is 13.9 Å². The predicted molar refractivity (Wildman–Crippen MR) is 87.5 cm³/mol. The fourth-order valence-electron chi connectivity index (χ4n) is 2.70. The van der Waals surface area contributed by atoms with Crippen LogP contribution in [0.2, 0.25) is 0 Å². The van der Waals surface area contributed by atoms with Crippen LogP contribution >= 0.6 is 15.9 Å².